The van der Waals surface area contributed by atoms with Crippen LogP contribution in [0.2, 0.25) is 0 Å². The molecule has 1 aliphatic heterocycles. The predicted octanol–water partition coefficient (Wildman–Crippen LogP) is 3.00. The van der Waals surface area contributed by atoms with Crippen molar-refractivity contribution in [3.05, 3.63) is 71.8 Å². The van der Waals surface area contributed by atoms with Crippen molar-refractivity contribution in [3.63, 3.8) is 0 Å². The van der Waals surface area contributed by atoms with Crippen LogP contribution in [0.25, 0.3) is 0 Å². The number of ether oxygens (including phenoxy) is 1. The van der Waals surface area contributed by atoms with Gasteiger partial charge in [-0.25, -0.2) is 0 Å². The maximum absolute atomic E-state index is 9.71. The number of likely N-dealkylation sites (tertiary alicyclic amines) is 1. The molecule has 0 amide bonds. The number of rotatable bonds is 11. The molecule has 1 fully saturated rings. The Kier molecular flexibility index (Phi) is 10.5. The summed E-state index contributed by atoms with van der Waals surface area (Å²) in [5, 5.41) is 16.4. The predicted molar refractivity (Wildman–Crippen MR) is 131 cm³/mol. The van der Waals surface area contributed by atoms with Gasteiger partial charge in [0.05, 0.1) is 12.7 Å². The maximum atomic E-state index is 9.71. The number of hydrogen-bond acceptors (Lipinski definition) is 4. The van der Waals surface area contributed by atoms with Gasteiger partial charge in [-0.2, -0.15) is 0 Å². The maximum Gasteiger partial charge on any atom is 0.191 e. The van der Waals surface area contributed by atoms with Crippen LogP contribution < -0.4 is 10.6 Å². The summed E-state index contributed by atoms with van der Waals surface area (Å²) in [6.07, 6.45) is 3.51. The van der Waals surface area contributed by atoms with E-state index >= 15 is 0 Å². The number of nitrogens with one attached hydrogen (secondary N) is 2. The number of hydrogen-bond donors (Lipinski definition) is 3. The van der Waals surface area contributed by atoms with E-state index in [0.29, 0.717) is 12.6 Å². The van der Waals surface area contributed by atoms with Gasteiger partial charge in [-0.1, -0.05) is 60.7 Å². The summed E-state index contributed by atoms with van der Waals surface area (Å²) in [7, 11) is 1.77. The van der Waals surface area contributed by atoms with E-state index < -0.39 is 0 Å². The van der Waals surface area contributed by atoms with E-state index in [1.165, 1.54) is 5.56 Å². The average Bonchev–Trinajstić information content (AvgIpc) is 2.85. The fourth-order valence-electron chi connectivity index (χ4n) is 4.06. The number of aliphatic imine (C=N–C) groups is 1. The molecule has 1 atom stereocenters. The number of aliphatic hydroxyl groups is 1. The van der Waals surface area contributed by atoms with Crippen molar-refractivity contribution >= 4 is 5.96 Å². The highest BCUT2D eigenvalue weighted by Crippen LogP contribution is 2.16. The smallest absolute Gasteiger partial charge is 0.191 e. The van der Waals surface area contributed by atoms with Crippen LogP contribution in [-0.2, 0) is 11.3 Å². The highest BCUT2D eigenvalue weighted by atomic mass is 16.5. The summed E-state index contributed by atoms with van der Waals surface area (Å²) in [6, 6.07) is 20.8. The Hall–Kier alpha value is -2.41. The van der Waals surface area contributed by atoms with Gasteiger partial charge in [-0.15, -0.1) is 0 Å². The molecule has 1 heterocycles. The standard InChI is InChI=1S/C26H38N4O2/c1-27-26(29-19-24(21-31)23-11-6-3-7-12-23)28-15-8-18-32-25-13-16-30(17-14-25)20-22-9-4-2-5-10-22/h2-7,9-12,24-25,31H,8,13-21H2,1H3,(H2,27,28,29). The lowest BCUT2D eigenvalue weighted by atomic mass is 10.0. The molecule has 6 nitrogen and oxygen atoms in total. The minimum Gasteiger partial charge on any atom is -0.396 e. The van der Waals surface area contributed by atoms with Crippen molar-refractivity contribution in [3.8, 4) is 0 Å². The molecule has 3 rings (SSSR count). The summed E-state index contributed by atoms with van der Waals surface area (Å²) < 4.78 is 6.11. The molecular formula is C26H38N4O2. The van der Waals surface area contributed by atoms with Gasteiger partial charge in [0, 0.05) is 52.3 Å². The van der Waals surface area contributed by atoms with Crippen LogP contribution in [-0.4, -0.2) is 68.5 Å². The number of guanidine groups is 1. The zero-order chi connectivity index (χ0) is 22.4. The van der Waals surface area contributed by atoms with Crippen molar-refractivity contribution in [2.75, 3.05) is 46.4 Å². The van der Waals surface area contributed by atoms with Gasteiger partial charge in [0.2, 0.25) is 0 Å². The average molecular weight is 439 g/mol. The van der Waals surface area contributed by atoms with Gasteiger partial charge in [0.1, 0.15) is 0 Å². The Balaban J connectivity index is 1.25. The van der Waals surface area contributed by atoms with Crippen LogP contribution in [0.15, 0.2) is 65.7 Å². The second-order valence-electron chi connectivity index (χ2n) is 8.36. The minimum atomic E-state index is 0.0471. The summed E-state index contributed by atoms with van der Waals surface area (Å²) >= 11 is 0. The number of aliphatic hydroxyl groups excluding tert-OH is 1. The molecule has 174 valence electrons. The molecule has 2 aromatic carbocycles. The second-order valence-corrected chi connectivity index (χ2v) is 8.36. The first-order chi connectivity index (χ1) is 15.8. The molecule has 0 radical (unpaired) electrons. The van der Waals surface area contributed by atoms with Gasteiger partial charge in [-0.05, 0) is 30.4 Å². The molecule has 1 aliphatic rings. The van der Waals surface area contributed by atoms with Crippen LogP contribution in [0.5, 0.6) is 0 Å². The first-order valence-corrected chi connectivity index (χ1v) is 11.8. The summed E-state index contributed by atoms with van der Waals surface area (Å²) in [4.78, 5) is 6.80. The fourth-order valence-corrected chi connectivity index (χ4v) is 4.06. The molecular weight excluding hydrogens is 400 g/mol. The number of nitrogens with zero attached hydrogens (tertiary/aromatic N) is 2. The topological polar surface area (TPSA) is 69.1 Å². The fraction of sp³-hybridized carbons (Fsp3) is 0.500. The summed E-state index contributed by atoms with van der Waals surface area (Å²) in [5.41, 5.74) is 2.51. The van der Waals surface area contributed by atoms with E-state index in [1.807, 2.05) is 30.3 Å². The molecule has 0 aliphatic carbocycles. The van der Waals surface area contributed by atoms with E-state index in [1.54, 1.807) is 7.05 Å². The summed E-state index contributed by atoms with van der Waals surface area (Å²) in [5.74, 6) is 0.805. The minimum absolute atomic E-state index is 0.0471. The highest BCUT2D eigenvalue weighted by molar-refractivity contribution is 5.79. The van der Waals surface area contributed by atoms with E-state index in [-0.39, 0.29) is 12.5 Å². The van der Waals surface area contributed by atoms with Gasteiger partial charge in [-0.3, -0.25) is 9.89 Å². The van der Waals surface area contributed by atoms with E-state index in [2.05, 4.69) is 50.9 Å². The molecule has 0 saturated carbocycles. The molecule has 1 saturated heterocycles. The van der Waals surface area contributed by atoms with Crippen LogP contribution in [0, 0.1) is 0 Å². The van der Waals surface area contributed by atoms with Crippen LogP contribution in [0.3, 0.4) is 0 Å². The number of piperidine rings is 1. The monoisotopic (exact) mass is 438 g/mol. The van der Waals surface area contributed by atoms with E-state index in [0.717, 1.165) is 63.6 Å². The zero-order valence-electron chi connectivity index (χ0n) is 19.2. The third-order valence-corrected chi connectivity index (χ3v) is 5.98. The number of benzene rings is 2. The summed E-state index contributed by atoms with van der Waals surface area (Å²) in [6.45, 7) is 5.54. The molecule has 32 heavy (non-hydrogen) atoms. The van der Waals surface area contributed by atoms with E-state index in [4.69, 9.17) is 4.74 Å². The lowest BCUT2D eigenvalue weighted by molar-refractivity contribution is 0.00534. The Labute approximate surface area is 192 Å². The Morgan fingerprint density at radius 1 is 1.06 bits per heavy atom. The van der Waals surface area contributed by atoms with Crippen molar-refractivity contribution in [2.24, 2.45) is 4.99 Å². The Bertz CT molecular complexity index is 777. The molecule has 0 aromatic heterocycles. The first kappa shape index (κ1) is 24.2. The Morgan fingerprint density at radius 3 is 2.41 bits per heavy atom. The Morgan fingerprint density at radius 2 is 1.75 bits per heavy atom. The van der Waals surface area contributed by atoms with Crippen LogP contribution >= 0.6 is 0 Å². The third kappa shape index (κ3) is 8.26. The van der Waals surface area contributed by atoms with Crippen molar-refractivity contribution < 1.29 is 9.84 Å². The molecule has 2 aromatic rings. The van der Waals surface area contributed by atoms with Gasteiger partial charge in [0.15, 0.2) is 5.96 Å². The van der Waals surface area contributed by atoms with Gasteiger partial charge >= 0.3 is 0 Å². The third-order valence-electron chi connectivity index (χ3n) is 5.98. The van der Waals surface area contributed by atoms with Crippen LogP contribution in [0.1, 0.15) is 36.3 Å². The van der Waals surface area contributed by atoms with Crippen molar-refractivity contribution in [2.45, 2.75) is 37.8 Å². The lowest BCUT2D eigenvalue weighted by Gasteiger charge is -2.32. The molecule has 1 unspecified atom stereocenters. The lowest BCUT2D eigenvalue weighted by Crippen LogP contribution is -2.40. The van der Waals surface area contributed by atoms with Gasteiger partial charge in [0.25, 0.3) is 0 Å². The quantitative estimate of drug-likeness (QED) is 0.286. The van der Waals surface area contributed by atoms with Crippen molar-refractivity contribution in [1.82, 2.24) is 15.5 Å². The van der Waals surface area contributed by atoms with E-state index in [9.17, 15) is 5.11 Å². The van der Waals surface area contributed by atoms with Crippen LogP contribution in [0.4, 0.5) is 0 Å². The first-order valence-electron chi connectivity index (χ1n) is 11.8. The van der Waals surface area contributed by atoms with Crippen molar-refractivity contribution in [1.29, 1.82) is 0 Å². The van der Waals surface area contributed by atoms with Gasteiger partial charge < -0.3 is 20.5 Å². The largest absolute Gasteiger partial charge is 0.396 e. The highest BCUT2D eigenvalue weighted by Gasteiger charge is 2.19. The molecule has 0 bridgehead atoms. The zero-order valence-corrected chi connectivity index (χ0v) is 19.2. The molecule has 6 heteroatoms. The second kappa shape index (κ2) is 13.9. The molecule has 0 spiro atoms. The molecule has 3 N–H and O–H groups in total. The normalized spacial score (nSPS) is 16.6. The SMILES string of the molecule is CN=C(NCCCOC1CCN(Cc2ccccc2)CC1)NCC(CO)c1ccccc1.